The van der Waals surface area contributed by atoms with Crippen molar-refractivity contribution in [1.29, 1.82) is 0 Å². The number of aromatic nitrogens is 4. The van der Waals surface area contributed by atoms with E-state index < -0.39 is 0 Å². The third kappa shape index (κ3) is 4.72. The van der Waals surface area contributed by atoms with E-state index in [0.717, 1.165) is 63.3 Å². The third-order valence-electron chi connectivity index (χ3n) is 6.36. The first-order valence-electron chi connectivity index (χ1n) is 12.0. The number of hydrogen-bond donors (Lipinski definition) is 1. The second-order valence-corrected chi connectivity index (χ2v) is 11.6. The highest BCUT2D eigenvalue weighted by molar-refractivity contribution is 7.99. The molecule has 7 nitrogen and oxygen atoms in total. The zero-order valence-electron chi connectivity index (χ0n) is 20.1. The molecule has 0 atom stereocenters. The van der Waals surface area contributed by atoms with Gasteiger partial charge in [0.2, 0.25) is 11.9 Å². The van der Waals surface area contributed by atoms with Gasteiger partial charge in [0, 0.05) is 10.4 Å². The Hall–Kier alpha value is -3.34. The van der Waals surface area contributed by atoms with Crippen LogP contribution in [0.5, 0.6) is 0 Å². The van der Waals surface area contributed by atoms with Crippen LogP contribution in [-0.2, 0) is 17.6 Å². The van der Waals surface area contributed by atoms with Gasteiger partial charge in [-0.3, -0.25) is 19.5 Å². The maximum absolute atomic E-state index is 13.8. The van der Waals surface area contributed by atoms with Gasteiger partial charge in [0.1, 0.15) is 9.84 Å². The van der Waals surface area contributed by atoms with Crippen LogP contribution in [0.15, 0.2) is 64.5 Å². The van der Waals surface area contributed by atoms with E-state index in [1.54, 1.807) is 15.9 Å². The van der Waals surface area contributed by atoms with Gasteiger partial charge in [0.15, 0.2) is 5.16 Å². The number of hydrogen-bond acceptors (Lipinski definition) is 8. The van der Waals surface area contributed by atoms with Crippen molar-refractivity contribution in [3.8, 4) is 16.3 Å². The molecule has 6 rings (SSSR count). The lowest BCUT2D eigenvalue weighted by molar-refractivity contribution is -0.113. The van der Waals surface area contributed by atoms with Crippen molar-refractivity contribution >= 4 is 56.7 Å². The number of aryl methyl sites for hydroxylation is 3. The summed E-state index contributed by atoms with van der Waals surface area (Å²) in [5.41, 5.74) is 3.93. The molecule has 1 aliphatic carbocycles. The molecule has 0 radical (unpaired) electrons. The highest BCUT2D eigenvalue weighted by Crippen LogP contribution is 2.35. The predicted molar refractivity (Wildman–Crippen MR) is 151 cm³/mol. The molecule has 0 unspecified atom stereocenters. The van der Waals surface area contributed by atoms with Gasteiger partial charge in [-0.15, -0.1) is 11.3 Å². The van der Waals surface area contributed by atoms with E-state index in [1.807, 2.05) is 61.5 Å². The van der Waals surface area contributed by atoms with Gasteiger partial charge in [-0.25, -0.2) is 4.98 Å². The fourth-order valence-corrected chi connectivity index (χ4v) is 7.40. The van der Waals surface area contributed by atoms with Crippen LogP contribution in [0.25, 0.3) is 26.5 Å². The molecule has 2 aromatic carbocycles. The Morgan fingerprint density at radius 3 is 2.68 bits per heavy atom. The molecule has 37 heavy (non-hydrogen) atoms. The lowest BCUT2D eigenvalue weighted by Gasteiger charge is -2.13. The first-order valence-corrected chi connectivity index (χ1v) is 14.6. The smallest absolute Gasteiger partial charge is 0.267 e. The van der Waals surface area contributed by atoms with Gasteiger partial charge < -0.3 is 0 Å². The largest absolute Gasteiger partial charge is 0.293 e. The van der Waals surface area contributed by atoms with Crippen LogP contribution in [0.1, 0.15) is 28.8 Å². The van der Waals surface area contributed by atoms with Gasteiger partial charge in [-0.05, 0) is 67.4 Å². The summed E-state index contributed by atoms with van der Waals surface area (Å²) >= 11 is 4.11. The minimum atomic E-state index is -0.251. The van der Waals surface area contributed by atoms with Crippen molar-refractivity contribution in [1.82, 2.24) is 18.9 Å². The van der Waals surface area contributed by atoms with E-state index in [9.17, 15) is 9.59 Å². The first kappa shape index (κ1) is 24.0. The lowest BCUT2D eigenvalue weighted by atomic mass is 9.97. The second kappa shape index (κ2) is 10.2. The number of thioether (sulfide) groups is 1. The Labute approximate surface area is 225 Å². The number of nitrogens with zero attached hydrogens (tertiary/aromatic N) is 4. The average molecular weight is 546 g/mol. The van der Waals surface area contributed by atoms with Crippen molar-refractivity contribution in [2.45, 2.75) is 37.8 Å². The molecule has 0 fully saturated rings. The van der Waals surface area contributed by atoms with E-state index in [-0.39, 0.29) is 23.2 Å². The van der Waals surface area contributed by atoms with Gasteiger partial charge >= 0.3 is 0 Å². The van der Waals surface area contributed by atoms with Crippen molar-refractivity contribution in [3.05, 3.63) is 81.0 Å². The number of benzene rings is 2. The molecule has 0 aliphatic heterocycles. The molecule has 1 amide bonds. The van der Waals surface area contributed by atoms with Crippen LogP contribution in [-0.4, -0.2) is 30.6 Å². The SMILES string of the molecule is Cc1ccccc1-c1nc(NC(=O)CSc2nc3sc4c(c3c(=O)n2-c2ccccc2)CCCC4)ns1. The van der Waals surface area contributed by atoms with E-state index >= 15 is 0 Å². The van der Waals surface area contributed by atoms with Gasteiger partial charge in [-0.1, -0.05) is 54.2 Å². The van der Waals surface area contributed by atoms with Crippen LogP contribution in [0, 0.1) is 6.92 Å². The average Bonchev–Trinajstić information content (AvgIpc) is 3.52. The lowest BCUT2D eigenvalue weighted by Crippen LogP contribution is -2.23. The number of thiophene rings is 1. The number of carbonyl (C=O) groups excluding carboxylic acids is 1. The summed E-state index contributed by atoms with van der Waals surface area (Å²) in [6.45, 7) is 2.02. The third-order valence-corrected chi connectivity index (χ3v) is 9.23. The highest BCUT2D eigenvalue weighted by atomic mass is 32.2. The summed E-state index contributed by atoms with van der Waals surface area (Å²) in [6, 6.07) is 17.4. The number of amides is 1. The van der Waals surface area contributed by atoms with Crippen LogP contribution >= 0.6 is 34.6 Å². The van der Waals surface area contributed by atoms with Crippen molar-refractivity contribution < 1.29 is 4.79 Å². The van der Waals surface area contributed by atoms with Gasteiger partial charge in [-0.2, -0.15) is 9.36 Å². The first-order chi connectivity index (χ1) is 18.1. The minimum absolute atomic E-state index is 0.0671. The number of anilines is 1. The maximum Gasteiger partial charge on any atom is 0.267 e. The fourth-order valence-electron chi connectivity index (χ4n) is 4.58. The van der Waals surface area contributed by atoms with Crippen molar-refractivity contribution in [3.63, 3.8) is 0 Å². The van der Waals surface area contributed by atoms with E-state index in [1.165, 1.54) is 28.2 Å². The molecular formula is C27H23N5O2S3. The van der Waals surface area contributed by atoms with E-state index in [2.05, 4.69) is 14.7 Å². The zero-order chi connectivity index (χ0) is 25.4. The maximum atomic E-state index is 13.8. The second-order valence-electron chi connectivity index (χ2n) is 8.84. The summed E-state index contributed by atoms with van der Waals surface area (Å²) in [4.78, 5) is 38.0. The van der Waals surface area contributed by atoms with E-state index in [4.69, 9.17) is 4.98 Å². The number of carbonyl (C=O) groups is 1. The number of rotatable bonds is 6. The van der Waals surface area contributed by atoms with Crippen LogP contribution < -0.4 is 10.9 Å². The molecule has 10 heteroatoms. The van der Waals surface area contributed by atoms with Crippen LogP contribution in [0.3, 0.4) is 0 Å². The van der Waals surface area contributed by atoms with Crippen LogP contribution in [0.4, 0.5) is 5.95 Å². The fraction of sp³-hybridized carbons (Fsp3) is 0.222. The summed E-state index contributed by atoms with van der Waals surface area (Å²) < 4.78 is 5.94. The summed E-state index contributed by atoms with van der Waals surface area (Å²) in [5, 5.41) is 4.78. The zero-order valence-corrected chi connectivity index (χ0v) is 22.5. The van der Waals surface area contributed by atoms with Gasteiger partial charge in [0.25, 0.3) is 5.56 Å². The Morgan fingerprint density at radius 2 is 1.84 bits per heavy atom. The topological polar surface area (TPSA) is 89.8 Å². The molecule has 1 N–H and O–H groups in total. The van der Waals surface area contributed by atoms with Gasteiger partial charge in [0.05, 0.1) is 16.8 Å². The molecule has 5 aromatic rings. The highest BCUT2D eigenvalue weighted by Gasteiger charge is 2.23. The standard InChI is InChI=1S/C27H23N5O2S3/c1-16-9-5-6-12-18(16)23-29-26(31-37-23)28-21(33)15-35-27-30-24-22(19-13-7-8-14-20(19)36-24)25(34)32(27)17-10-3-2-4-11-17/h2-6,9-12H,7-8,13-15H2,1H3,(H,28,31,33). The Bertz CT molecular complexity index is 1670. The monoisotopic (exact) mass is 545 g/mol. The molecule has 0 saturated carbocycles. The minimum Gasteiger partial charge on any atom is -0.293 e. The van der Waals surface area contributed by atoms with Crippen molar-refractivity contribution in [2.75, 3.05) is 11.1 Å². The predicted octanol–water partition coefficient (Wildman–Crippen LogP) is 5.88. The summed E-state index contributed by atoms with van der Waals surface area (Å²) in [6.07, 6.45) is 4.15. The van der Waals surface area contributed by atoms with Crippen molar-refractivity contribution in [2.24, 2.45) is 0 Å². The summed E-state index contributed by atoms with van der Waals surface area (Å²) in [7, 11) is 0. The molecule has 0 bridgehead atoms. The molecule has 3 heterocycles. The van der Waals surface area contributed by atoms with Crippen LogP contribution in [0.2, 0.25) is 0 Å². The molecule has 3 aromatic heterocycles. The normalized spacial score (nSPS) is 13.0. The summed E-state index contributed by atoms with van der Waals surface area (Å²) in [5.74, 6) is 0.108. The Balaban J connectivity index is 1.27. The Kier molecular flexibility index (Phi) is 6.62. The van der Waals surface area contributed by atoms with E-state index in [0.29, 0.717) is 5.16 Å². The molecule has 1 aliphatic rings. The molecule has 0 saturated heterocycles. The number of fused-ring (bicyclic) bond motifs is 3. The Morgan fingerprint density at radius 1 is 1.05 bits per heavy atom. The molecule has 0 spiro atoms. The number of nitrogens with one attached hydrogen (secondary N) is 1. The quantitative estimate of drug-likeness (QED) is 0.212. The molecular weight excluding hydrogens is 523 g/mol. The molecule has 186 valence electrons. The number of para-hydroxylation sites is 1.